The fourth-order valence-corrected chi connectivity index (χ4v) is 3.56. The summed E-state index contributed by atoms with van der Waals surface area (Å²) >= 11 is 1.59. The maximum atomic E-state index is 12.2. The van der Waals surface area contributed by atoms with E-state index >= 15 is 0 Å². The van der Waals surface area contributed by atoms with Gasteiger partial charge in [-0.15, -0.1) is 11.3 Å². The monoisotopic (exact) mass is 378 g/mol. The second kappa shape index (κ2) is 6.33. The summed E-state index contributed by atoms with van der Waals surface area (Å²) in [7, 11) is 0. The number of benzene rings is 2. The van der Waals surface area contributed by atoms with Crippen LogP contribution in [0.25, 0.3) is 16.2 Å². The SMILES string of the molecule is O=C(Nc1ccc(-c2cn3ccsc3n2)cc1)Nc1ccc2c(c1)OCO2. The predicted molar refractivity (Wildman–Crippen MR) is 104 cm³/mol. The Labute approximate surface area is 158 Å². The summed E-state index contributed by atoms with van der Waals surface area (Å²) in [5, 5.41) is 7.59. The first-order chi connectivity index (χ1) is 13.2. The third-order valence-electron chi connectivity index (χ3n) is 4.16. The van der Waals surface area contributed by atoms with Gasteiger partial charge in [0, 0.05) is 40.8 Å². The molecule has 0 aliphatic carbocycles. The van der Waals surface area contributed by atoms with Gasteiger partial charge in [0.05, 0.1) is 5.69 Å². The Morgan fingerprint density at radius 2 is 1.81 bits per heavy atom. The van der Waals surface area contributed by atoms with Gasteiger partial charge >= 0.3 is 6.03 Å². The molecule has 4 aromatic rings. The molecule has 1 aliphatic rings. The molecular weight excluding hydrogens is 364 g/mol. The van der Waals surface area contributed by atoms with E-state index in [1.54, 1.807) is 29.5 Å². The van der Waals surface area contributed by atoms with Crippen molar-refractivity contribution in [1.82, 2.24) is 9.38 Å². The van der Waals surface area contributed by atoms with Gasteiger partial charge < -0.3 is 20.1 Å². The number of urea groups is 1. The van der Waals surface area contributed by atoms with Crippen LogP contribution in [0.5, 0.6) is 11.5 Å². The molecule has 0 unspecified atom stereocenters. The highest BCUT2D eigenvalue weighted by molar-refractivity contribution is 7.15. The first-order valence-electron chi connectivity index (χ1n) is 8.25. The fourth-order valence-electron chi connectivity index (χ4n) is 2.86. The average molecular weight is 378 g/mol. The molecule has 0 saturated carbocycles. The third kappa shape index (κ3) is 3.06. The topological polar surface area (TPSA) is 76.9 Å². The predicted octanol–water partition coefficient (Wildman–Crippen LogP) is 4.44. The summed E-state index contributed by atoms with van der Waals surface area (Å²) in [5.74, 6) is 1.30. The number of rotatable bonds is 3. The molecular formula is C19H14N4O3S. The van der Waals surface area contributed by atoms with E-state index in [4.69, 9.17) is 9.47 Å². The Hall–Kier alpha value is -3.52. The lowest BCUT2D eigenvalue weighted by Gasteiger charge is -2.08. The number of hydrogen-bond donors (Lipinski definition) is 2. The molecule has 2 aromatic heterocycles. The van der Waals surface area contributed by atoms with Crippen LogP contribution in [0, 0.1) is 0 Å². The first kappa shape index (κ1) is 15.7. The Bertz CT molecular complexity index is 1110. The molecule has 0 bridgehead atoms. The van der Waals surface area contributed by atoms with E-state index in [9.17, 15) is 4.79 Å². The third-order valence-corrected chi connectivity index (χ3v) is 4.93. The highest BCUT2D eigenvalue weighted by Crippen LogP contribution is 2.34. The van der Waals surface area contributed by atoms with Crippen molar-refractivity contribution in [2.45, 2.75) is 0 Å². The number of amides is 2. The molecule has 7 nitrogen and oxygen atoms in total. The zero-order valence-corrected chi connectivity index (χ0v) is 14.8. The lowest BCUT2D eigenvalue weighted by molar-refractivity contribution is 0.174. The molecule has 0 fully saturated rings. The highest BCUT2D eigenvalue weighted by atomic mass is 32.1. The number of anilines is 2. The zero-order valence-electron chi connectivity index (χ0n) is 14.0. The number of carbonyl (C=O) groups excluding carboxylic acids is 1. The molecule has 2 N–H and O–H groups in total. The van der Waals surface area contributed by atoms with E-state index < -0.39 is 0 Å². The zero-order chi connectivity index (χ0) is 18.2. The van der Waals surface area contributed by atoms with E-state index in [0.717, 1.165) is 16.2 Å². The van der Waals surface area contributed by atoms with E-state index in [0.29, 0.717) is 22.9 Å². The van der Waals surface area contributed by atoms with E-state index in [1.807, 2.05) is 46.4 Å². The van der Waals surface area contributed by atoms with Crippen LogP contribution in [-0.2, 0) is 0 Å². The van der Waals surface area contributed by atoms with Gasteiger partial charge in [0.1, 0.15) is 0 Å². The number of carbonyl (C=O) groups is 1. The van der Waals surface area contributed by atoms with Gasteiger partial charge in [-0.05, 0) is 24.3 Å². The number of thiazole rings is 1. The summed E-state index contributed by atoms with van der Waals surface area (Å²) in [5.41, 5.74) is 3.22. The Kier molecular flexibility index (Phi) is 3.68. The quantitative estimate of drug-likeness (QED) is 0.553. The molecule has 0 radical (unpaired) electrons. The summed E-state index contributed by atoms with van der Waals surface area (Å²) in [6.45, 7) is 0.200. The standard InChI is InChI=1S/C19H14N4O3S/c24-18(21-14-5-6-16-17(9-14)26-11-25-16)20-13-3-1-12(2-4-13)15-10-23-7-8-27-19(23)22-15/h1-10H,11H2,(H2,20,21,24). The van der Waals surface area contributed by atoms with E-state index in [2.05, 4.69) is 15.6 Å². The molecule has 0 saturated heterocycles. The van der Waals surface area contributed by atoms with Crippen LogP contribution < -0.4 is 20.1 Å². The highest BCUT2D eigenvalue weighted by Gasteiger charge is 2.14. The van der Waals surface area contributed by atoms with E-state index in [1.165, 1.54) is 0 Å². The van der Waals surface area contributed by atoms with Crippen molar-refractivity contribution < 1.29 is 14.3 Å². The van der Waals surface area contributed by atoms with Gasteiger partial charge in [-0.3, -0.25) is 4.40 Å². The Morgan fingerprint density at radius 1 is 1.04 bits per heavy atom. The van der Waals surface area contributed by atoms with Crippen molar-refractivity contribution in [2.75, 3.05) is 17.4 Å². The minimum Gasteiger partial charge on any atom is -0.454 e. The Morgan fingerprint density at radius 3 is 2.67 bits per heavy atom. The number of nitrogens with one attached hydrogen (secondary N) is 2. The minimum atomic E-state index is -0.330. The molecule has 2 aromatic carbocycles. The van der Waals surface area contributed by atoms with Crippen molar-refractivity contribution in [1.29, 1.82) is 0 Å². The number of nitrogens with zero attached hydrogens (tertiary/aromatic N) is 2. The summed E-state index contributed by atoms with van der Waals surface area (Å²) in [6, 6.07) is 12.5. The molecule has 27 heavy (non-hydrogen) atoms. The fraction of sp³-hybridized carbons (Fsp3) is 0.0526. The van der Waals surface area contributed by atoms with Gasteiger partial charge in [0.15, 0.2) is 16.5 Å². The molecule has 3 heterocycles. The largest absolute Gasteiger partial charge is 0.454 e. The summed E-state index contributed by atoms with van der Waals surface area (Å²) in [6.07, 6.45) is 3.97. The van der Waals surface area contributed by atoms with Gasteiger partial charge in [0.25, 0.3) is 0 Å². The van der Waals surface area contributed by atoms with Gasteiger partial charge in [-0.1, -0.05) is 12.1 Å². The minimum absolute atomic E-state index is 0.200. The van der Waals surface area contributed by atoms with Crippen LogP contribution in [0.3, 0.4) is 0 Å². The lowest BCUT2D eigenvalue weighted by Crippen LogP contribution is -2.19. The van der Waals surface area contributed by atoms with Crippen molar-refractivity contribution in [3.63, 3.8) is 0 Å². The first-order valence-corrected chi connectivity index (χ1v) is 9.13. The Balaban J connectivity index is 1.26. The smallest absolute Gasteiger partial charge is 0.323 e. The number of ether oxygens (including phenoxy) is 2. The van der Waals surface area contributed by atoms with Gasteiger partial charge in [0.2, 0.25) is 6.79 Å². The maximum Gasteiger partial charge on any atom is 0.323 e. The maximum absolute atomic E-state index is 12.2. The summed E-state index contributed by atoms with van der Waals surface area (Å²) in [4.78, 5) is 17.7. The van der Waals surface area contributed by atoms with Crippen molar-refractivity contribution >= 4 is 33.7 Å². The van der Waals surface area contributed by atoms with E-state index in [-0.39, 0.29) is 12.8 Å². The average Bonchev–Trinajstić information content (AvgIpc) is 3.37. The van der Waals surface area contributed by atoms with Crippen molar-refractivity contribution in [3.8, 4) is 22.8 Å². The van der Waals surface area contributed by atoms with Gasteiger partial charge in [-0.2, -0.15) is 0 Å². The molecule has 8 heteroatoms. The number of aromatic nitrogens is 2. The lowest BCUT2D eigenvalue weighted by atomic mass is 10.1. The number of hydrogen-bond acceptors (Lipinski definition) is 5. The van der Waals surface area contributed by atoms with Crippen LogP contribution in [0.1, 0.15) is 0 Å². The van der Waals surface area contributed by atoms with Crippen LogP contribution in [0.2, 0.25) is 0 Å². The normalized spacial score (nSPS) is 12.3. The molecule has 134 valence electrons. The molecule has 1 aliphatic heterocycles. The second-order valence-electron chi connectivity index (χ2n) is 5.94. The van der Waals surface area contributed by atoms with Crippen molar-refractivity contribution in [2.24, 2.45) is 0 Å². The van der Waals surface area contributed by atoms with Crippen LogP contribution in [-0.4, -0.2) is 22.2 Å². The summed E-state index contributed by atoms with van der Waals surface area (Å²) < 4.78 is 12.6. The van der Waals surface area contributed by atoms with Crippen LogP contribution in [0.4, 0.5) is 16.2 Å². The van der Waals surface area contributed by atoms with Crippen LogP contribution >= 0.6 is 11.3 Å². The van der Waals surface area contributed by atoms with Crippen molar-refractivity contribution in [3.05, 3.63) is 60.2 Å². The number of fused-ring (bicyclic) bond motifs is 2. The van der Waals surface area contributed by atoms with Crippen LogP contribution in [0.15, 0.2) is 60.2 Å². The number of imidazole rings is 1. The molecule has 0 atom stereocenters. The second-order valence-corrected chi connectivity index (χ2v) is 6.82. The molecule has 0 spiro atoms. The van der Waals surface area contributed by atoms with Gasteiger partial charge in [-0.25, -0.2) is 9.78 Å². The molecule has 2 amide bonds. The molecule has 5 rings (SSSR count).